The Morgan fingerprint density at radius 1 is 1.33 bits per heavy atom. The molecule has 4 nitrogen and oxygen atoms in total. The van der Waals surface area contributed by atoms with Crippen LogP contribution >= 0.6 is 0 Å². The summed E-state index contributed by atoms with van der Waals surface area (Å²) in [6.45, 7) is 3.28. The van der Waals surface area contributed by atoms with Crippen molar-refractivity contribution in [2.75, 3.05) is 27.3 Å². The topological polar surface area (TPSA) is 47.6 Å². The van der Waals surface area contributed by atoms with Crippen molar-refractivity contribution in [1.29, 1.82) is 0 Å². The van der Waals surface area contributed by atoms with Gasteiger partial charge in [-0.2, -0.15) is 0 Å². The van der Waals surface area contributed by atoms with Gasteiger partial charge in [0.25, 0.3) is 0 Å². The second kappa shape index (κ2) is 9.93. The van der Waals surface area contributed by atoms with Gasteiger partial charge in [-0.25, -0.2) is 0 Å². The normalized spacial score (nSPS) is 12.5. The lowest BCUT2D eigenvalue weighted by Crippen LogP contribution is -2.25. The lowest BCUT2D eigenvalue weighted by Gasteiger charge is -2.13. The highest BCUT2D eigenvalue weighted by Crippen LogP contribution is 2.07. The van der Waals surface area contributed by atoms with Gasteiger partial charge in [-0.05, 0) is 25.8 Å². The number of esters is 1. The molecule has 1 N–H and O–H groups in total. The summed E-state index contributed by atoms with van der Waals surface area (Å²) in [5.74, 6) is -0.216. The van der Waals surface area contributed by atoms with Gasteiger partial charge in [-0.15, -0.1) is 0 Å². The van der Waals surface area contributed by atoms with Crippen LogP contribution in [0.25, 0.3) is 0 Å². The van der Waals surface area contributed by atoms with E-state index in [-0.39, 0.29) is 5.97 Å². The Bertz CT molecular complexity index is 162. The van der Waals surface area contributed by atoms with E-state index in [0.29, 0.717) is 12.6 Å². The highest BCUT2D eigenvalue weighted by molar-refractivity contribution is 5.71. The number of carbonyl (C=O) groups is 1. The first-order valence-corrected chi connectivity index (χ1v) is 5.54. The molecule has 0 fully saturated rings. The van der Waals surface area contributed by atoms with Crippen LogP contribution in [0.2, 0.25) is 0 Å². The Morgan fingerprint density at radius 2 is 2.07 bits per heavy atom. The first-order valence-electron chi connectivity index (χ1n) is 5.54. The van der Waals surface area contributed by atoms with Gasteiger partial charge in [0.2, 0.25) is 0 Å². The molecule has 0 aliphatic rings. The molecule has 0 radical (unpaired) electrons. The molecule has 1 unspecified atom stereocenters. The van der Waals surface area contributed by atoms with Crippen molar-refractivity contribution in [2.24, 2.45) is 0 Å². The van der Waals surface area contributed by atoms with E-state index in [1.807, 2.05) is 0 Å². The Kier molecular flexibility index (Phi) is 9.52. The van der Waals surface area contributed by atoms with Crippen molar-refractivity contribution in [1.82, 2.24) is 5.32 Å². The highest BCUT2D eigenvalue weighted by Gasteiger charge is 2.05. The number of carbonyl (C=O) groups excluding carboxylic acids is 1. The lowest BCUT2D eigenvalue weighted by atomic mass is 10.1. The number of rotatable bonds is 9. The molecule has 0 saturated heterocycles. The molecule has 0 aliphatic heterocycles. The Morgan fingerprint density at radius 3 is 2.60 bits per heavy atom. The van der Waals surface area contributed by atoms with E-state index in [0.717, 1.165) is 32.2 Å². The fourth-order valence-corrected chi connectivity index (χ4v) is 1.42. The van der Waals surface area contributed by atoms with Gasteiger partial charge in [0.05, 0.1) is 19.8 Å². The molecule has 0 amide bonds. The number of hydrogen-bond donors (Lipinski definition) is 1. The monoisotopic (exact) mass is 217 g/mol. The molecule has 1 atom stereocenters. The Balaban J connectivity index is 3.32. The minimum Gasteiger partial charge on any atom is -0.468 e. The Hall–Kier alpha value is -0.610. The summed E-state index contributed by atoms with van der Waals surface area (Å²) < 4.78 is 9.83. The predicted molar refractivity (Wildman–Crippen MR) is 59.8 cm³/mol. The Labute approximate surface area is 92.3 Å². The third kappa shape index (κ3) is 8.39. The van der Waals surface area contributed by atoms with Gasteiger partial charge in [-0.3, -0.25) is 4.79 Å². The molecule has 0 heterocycles. The molecule has 4 heteroatoms. The minimum absolute atomic E-state index is 0.216. The van der Waals surface area contributed by atoms with E-state index in [9.17, 15) is 4.79 Å². The lowest BCUT2D eigenvalue weighted by molar-refractivity contribution is -0.139. The number of ether oxygens (including phenoxy) is 2. The maximum absolute atomic E-state index is 10.8. The molecule has 90 valence electrons. The summed E-state index contributed by atoms with van der Waals surface area (Å²) in [5, 5.41) is 3.03. The zero-order chi connectivity index (χ0) is 11.5. The van der Waals surface area contributed by atoms with Crippen LogP contribution in [-0.2, 0) is 14.3 Å². The first kappa shape index (κ1) is 14.4. The molecule has 0 aromatic rings. The van der Waals surface area contributed by atoms with E-state index in [2.05, 4.69) is 17.0 Å². The summed E-state index contributed by atoms with van der Waals surface area (Å²) in [5.41, 5.74) is 0. The smallest absolute Gasteiger partial charge is 0.319 e. The number of methoxy groups -OCH3 is 2. The van der Waals surface area contributed by atoms with Gasteiger partial charge < -0.3 is 14.8 Å². The van der Waals surface area contributed by atoms with Crippen molar-refractivity contribution in [2.45, 2.75) is 38.7 Å². The van der Waals surface area contributed by atoms with Crippen molar-refractivity contribution < 1.29 is 14.3 Å². The quantitative estimate of drug-likeness (QED) is 0.468. The van der Waals surface area contributed by atoms with Crippen LogP contribution in [0.3, 0.4) is 0 Å². The summed E-state index contributed by atoms with van der Waals surface area (Å²) in [7, 11) is 3.15. The van der Waals surface area contributed by atoms with Crippen LogP contribution in [0.1, 0.15) is 32.6 Å². The highest BCUT2D eigenvalue weighted by atomic mass is 16.5. The van der Waals surface area contributed by atoms with Crippen molar-refractivity contribution in [3.63, 3.8) is 0 Å². The van der Waals surface area contributed by atoms with Crippen molar-refractivity contribution >= 4 is 5.97 Å². The van der Waals surface area contributed by atoms with Gasteiger partial charge in [0.15, 0.2) is 0 Å². The molecule has 15 heavy (non-hydrogen) atoms. The number of nitrogens with one attached hydrogen (secondary N) is 1. The molecule has 0 bridgehead atoms. The molecule has 0 aromatic heterocycles. The van der Waals surface area contributed by atoms with Crippen molar-refractivity contribution in [3.05, 3.63) is 0 Å². The second-order valence-corrected chi connectivity index (χ2v) is 3.54. The van der Waals surface area contributed by atoms with Crippen molar-refractivity contribution in [3.8, 4) is 0 Å². The standard InChI is InChI=1S/C11H23NO3/c1-4-6-10(14-2)7-5-8-12-9-11(13)15-3/h10,12H,4-9H2,1-3H3. The first-order chi connectivity index (χ1) is 7.24. The van der Waals surface area contributed by atoms with Crippen LogP contribution in [0, 0.1) is 0 Å². The number of hydrogen-bond acceptors (Lipinski definition) is 4. The van der Waals surface area contributed by atoms with Gasteiger partial charge >= 0.3 is 5.97 Å². The molecular formula is C11H23NO3. The fourth-order valence-electron chi connectivity index (χ4n) is 1.42. The van der Waals surface area contributed by atoms with Crippen LogP contribution in [0.15, 0.2) is 0 Å². The predicted octanol–water partition coefficient (Wildman–Crippen LogP) is 1.34. The largest absolute Gasteiger partial charge is 0.468 e. The fraction of sp³-hybridized carbons (Fsp3) is 0.909. The van der Waals surface area contributed by atoms with E-state index in [1.54, 1.807) is 7.11 Å². The van der Waals surface area contributed by atoms with Crippen LogP contribution < -0.4 is 5.32 Å². The summed E-state index contributed by atoms with van der Waals surface area (Å²) in [6.07, 6.45) is 4.67. The van der Waals surface area contributed by atoms with E-state index in [4.69, 9.17) is 4.74 Å². The van der Waals surface area contributed by atoms with Crippen LogP contribution in [0.5, 0.6) is 0 Å². The third-order valence-electron chi connectivity index (χ3n) is 2.32. The summed E-state index contributed by atoms with van der Waals surface area (Å²) >= 11 is 0. The molecule has 0 spiro atoms. The zero-order valence-corrected chi connectivity index (χ0v) is 10.0. The van der Waals surface area contributed by atoms with E-state index < -0.39 is 0 Å². The molecule has 0 saturated carbocycles. The van der Waals surface area contributed by atoms with Gasteiger partial charge in [0, 0.05) is 7.11 Å². The average molecular weight is 217 g/mol. The summed E-state index contributed by atoms with van der Waals surface area (Å²) in [6, 6.07) is 0. The SMILES string of the molecule is CCCC(CCCNCC(=O)OC)OC. The molecular weight excluding hydrogens is 194 g/mol. The maximum atomic E-state index is 10.8. The average Bonchev–Trinajstić information content (AvgIpc) is 2.26. The van der Waals surface area contributed by atoms with Crippen LogP contribution in [0.4, 0.5) is 0 Å². The van der Waals surface area contributed by atoms with E-state index in [1.165, 1.54) is 7.11 Å². The van der Waals surface area contributed by atoms with Crippen LogP contribution in [-0.4, -0.2) is 39.4 Å². The third-order valence-corrected chi connectivity index (χ3v) is 2.32. The second-order valence-electron chi connectivity index (χ2n) is 3.54. The minimum atomic E-state index is -0.216. The van der Waals surface area contributed by atoms with Gasteiger partial charge in [-0.1, -0.05) is 13.3 Å². The molecule has 0 aliphatic carbocycles. The maximum Gasteiger partial charge on any atom is 0.319 e. The molecule has 0 rings (SSSR count). The zero-order valence-electron chi connectivity index (χ0n) is 10.0. The van der Waals surface area contributed by atoms with Gasteiger partial charge in [0.1, 0.15) is 0 Å². The molecule has 0 aromatic carbocycles. The van der Waals surface area contributed by atoms with E-state index >= 15 is 0 Å². The summed E-state index contributed by atoms with van der Waals surface area (Å²) in [4.78, 5) is 10.8.